The number of guanidine groups is 1. The number of nitrogens with zero attached hydrogens (tertiary/aromatic N) is 1. The predicted molar refractivity (Wildman–Crippen MR) is 207 cm³/mol. The molecule has 0 bridgehead atoms. The number of carbonyl (C=O) groups excluding carboxylic acids is 6. The van der Waals surface area contributed by atoms with Gasteiger partial charge in [0.15, 0.2) is 5.96 Å². The number of nitrogens with two attached hydrogens (primary N) is 4. The van der Waals surface area contributed by atoms with Crippen LogP contribution in [-0.4, -0.2) is 153 Å². The van der Waals surface area contributed by atoms with E-state index in [2.05, 4.69) is 36.9 Å². The lowest BCUT2D eigenvalue weighted by Crippen LogP contribution is -2.61. The van der Waals surface area contributed by atoms with Crippen molar-refractivity contribution in [2.45, 2.75) is 127 Å². The van der Waals surface area contributed by atoms with Crippen LogP contribution >= 0.6 is 0 Å². The zero-order chi connectivity index (χ0) is 45.4. The van der Waals surface area contributed by atoms with Crippen LogP contribution in [0, 0.1) is 5.92 Å². The SMILES string of the molecule is CC(C)C[C@H](NC(=O)[C@H](CCCCN)NC(=O)[C@H](CC(=O)O)NC(=O)[C@H](CO)NC(=O)[C@@H](N)CCCN=C(N)N)C(=O)N[C@H](C(=O)N[C@@H](CCC(=O)O)C(=O)O)[C@@H](C)O. The van der Waals surface area contributed by atoms with Crippen molar-refractivity contribution in [3.8, 4) is 0 Å². The molecule has 0 saturated carbocycles. The second-order valence-corrected chi connectivity index (χ2v) is 14.1. The summed E-state index contributed by atoms with van der Waals surface area (Å²) in [5.74, 6) is -11.2. The summed E-state index contributed by atoms with van der Waals surface area (Å²) in [4.78, 5) is 117. The summed E-state index contributed by atoms with van der Waals surface area (Å²) in [6.45, 7) is 3.87. The molecule has 0 fully saturated rings. The Kier molecular flexibility index (Phi) is 25.2. The van der Waals surface area contributed by atoms with Crippen LogP contribution in [0.5, 0.6) is 0 Å². The van der Waals surface area contributed by atoms with E-state index in [-0.39, 0.29) is 50.7 Å². The van der Waals surface area contributed by atoms with Crippen LogP contribution in [0.15, 0.2) is 4.99 Å². The van der Waals surface area contributed by atoms with Crippen molar-refractivity contribution in [2.75, 3.05) is 19.7 Å². The number of carboxylic acid groups (broad SMARTS) is 3. The fraction of sp³-hybridized carbons (Fsp3) is 0.706. The van der Waals surface area contributed by atoms with Gasteiger partial charge in [0.1, 0.15) is 36.3 Å². The number of aliphatic carboxylic acids is 3. The molecule has 25 heteroatoms. The number of amides is 6. The number of rotatable bonds is 30. The summed E-state index contributed by atoms with van der Waals surface area (Å²) in [5, 5.41) is 61.6. The third kappa shape index (κ3) is 22.2. The second kappa shape index (κ2) is 27.9. The lowest BCUT2D eigenvalue weighted by Gasteiger charge is -2.28. The second-order valence-electron chi connectivity index (χ2n) is 14.1. The minimum atomic E-state index is -1.85. The van der Waals surface area contributed by atoms with Gasteiger partial charge in [-0.2, -0.15) is 0 Å². The summed E-state index contributed by atoms with van der Waals surface area (Å²) in [6.07, 6.45) is -2.90. The number of hydrogen-bond acceptors (Lipinski definition) is 14. The van der Waals surface area contributed by atoms with Crippen LogP contribution in [-0.2, 0) is 43.2 Å². The van der Waals surface area contributed by atoms with Crippen molar-refractivity contribution in [3.05, 3.63) is 0 Å². The first-order valence-corrected chi connectivity index (χ1v) is 18.8. The molecular formula is C34H61N11O14. The largest absolute Gasteiger partial charge is 0.481 e. The number of nitrogens with one attached hydrogen (secondary N) is 6. The third-order valence-electron chi connectivity index (χ3n) is 8.38. The van der Waals surface area contributed by atoms with E-state index in [1.165, 1.54) is 0 Å². The molecule has 59 heavy (non-hydrogen) atoms. The van der Waals surface area contributed by atoms with Gasteiger partial charge in [0.2, 0.25) is 35.4 Å². The molecule has 0 heterocycles. The number of aliphatic hydroxyl groups is 2. The van der Waals surface area contributed by atoms with E-state index in [0.29, 0.717) is 12.8 Å². The molecule has 6 amide bonds. The Balaban J connectivity index is 6.18. The Hall–Kier alpha value is -5.66. The van der Waals surface area contributed by atoms with E-state index in [1.807, 2.05) is 0 Å². The molecule has 25 nitrogen and oxygen atoms in total. The maximum Gasteiger partial charge on any atom is 0.326 e. The summed E-state index contributed by atoms with van der Waals surface area (Å²) >= 11 is 0. The first kappa shape index (κ1) is 53.3. The Morgan fingerprint density at radius 2 is 1.14 bits per heavy atom. The Bertz CT molecular complexity index is 1480. The number of hydrogen-bond donors (Lipinski definition) is 15. The van der Waals surface area contributed by atoms with Crippen LogP contribution < -0.4 is 54.8 Å². The number of aliphatic imine (C=N–C) groups is 1. The van der Waals surface area contributed by atoms with Gasteiger partial charge in [-0.15, -0.1) is 0 Å². The third-order valence-corrected chi connectivity index (χ3v) is 8.38. The molecule has 0 unspecified atom stereocenters. The van der Waals surface area contributed by atoms with E-state index in [1.54, 1.807) is 13.8 Å². The number of unbranched alkanes of at least 4 members (excludes halogenated alkanes) is 1. The molecule has 0 saturated heterocycles. The average molecular weight is 848 g/mol. The monoisotopic (exact) mass is 847 g/mol. The van der Waals surface area contributed by atoms with E-state index in [4.69, 9.17) is 28.0 Å². The quantitative estimate of drug-likeness (QED) is 0.0182. The van der Waals surface area contributed by atoms with Gasteiger partial charge in [-0.1, -0.05) is 13.8 Å². The number of aliphatic hydroxyl groups excluding tert-OH is 2. The van der Waals surface area contributed by atoms with E-state index in [0.717, 1.165) is 6.92 Å². The highest BCUT2D eigenvalue weighted by Gasteiger charge is 2.35. The predicted octanol–water partition coefficient (Wildman–Crippen LogP) is -5.75. The zero-order valence-electron chi connectivity index (χ0n) is 33.3. The van der Waals surface area contributed by atoms with Crippen LogP contribution in [0.1, 0.15) is 78.6 Å². The summed E-state index contributed by atoms with van der Waals surface area (Å²) < 4.78 is 0. The van der Waals surface area contributed by atoms with Crippen molar-refractivity contribution < 1.29 is 68.7 Å². The van der Waals surface area contributed by atoms with Crippen LogP contribution in [0.3, 0.4) is 0 Å². The van der Waals surface area contributed by atoms with Gasteiger partial charge in [-0.05, 0) is 64.3 Å². The molecule has 0 spiro atoms. The van der Waals surface area contributed by atoms with Crippen LogP contribution in [0.2, 0.25) is 0 Å². The fourth-order valence-electron chi connectivity index (χ4n) is 5.23. The minimum Gasteiger partial charge on any atom is -0.481 e. The molecule has 0 radical (unpaired) electrons. The van der Waals surface area contributed by atoms with Gasteiger partial charge >= 0.3 is 17.9 Å². The fourth-order valence-corrected chi connectivity index (χ4v) is 5.23. The lowest BCUT2D eigenvalue weighted by atomic mass is 10.0. The first-order valence-electron chi connectivity index (χ1n) is 18.8. The van der Waals surface area contributed by atoms with Crippen molar-refractivity contribution in [2.24, 2.45) is 33.8 Å². The van der Waals surface area contributed by atoms with Gasteiger partial charge < -0.3 is 80.4 Å². The zero-order valence-corrected chi connectivity index (χ0v) is 33.3. The maximum atomic E-state index is 13.7. The molecular weight excluding hydrogens is 786 g/mol. The molecule has 0 aliphatic rings. The van der Waals surface area contributed by atoms with Gasteiger partial charge in [-0.25, -0.2) is 4.79 Å². The Morgan fingerprint density at radius 1 is 0.610 bits per heavy atom. The van der Waals surface area contributed by atoms with Crippen molar-refractivity contribution in [3.63, 3.8) is 0 Å². The minimum absolute atomic E-state index is 0.0581. The van der Waals surface area contributed by atoms with Crippen LogP contribution in [0.25, 0.3) is 0 Å². The molecule has 0 aliphatic heterocycles. The van der Waals surface area contributed by atoms with E-state index >= 15 is 0 Å². The molecule has 0 aromatic rings. The highest BCUT2D eigenvalue weighted by molar-refractivity contribution is 5.98. The number of carbonyl (C=O) groups is 9. The molecule has 0 rings (SSSR count). The Morgan fingerprint density at radius 3 is 1.64 bits per heavy atom. The van der Waals surface area contributed by atoms with Crippen molar-refractivity contribution >= 4 is 59.3 Å². The highest BCUT2D eigenvalue weighted by Crippen LogP contribution is 2.10. The van der Waals surface area contributed by atoms with Crippen LogP contribution in [0.4, 0.5) is 0 Å². The van der Waals surface area contributed by atoms with Gasteiger partial charge in [0.25, 0.3) is 0 Å². The molecule has 336 valence electrons. The van der Waals surface area contributed by atoms with Gasteiger partial charge in [0, 0.05) is 13.0 Å². The lowest BCUT2D eigenvalue weighted by molar-refractivity contribution is -0.144. The normalized spacial score (nSPS) is 15.1. The van der Waals surface area contributed by atoms with Gasteiger partial charge in [0.05, 0.1) is 25.2 Å². The summed E-state index contributed by atoms with van der Waals surface area (Å²) in [6, 6.07) is -11.0. The maximum absolute atomic E-state index is 13.7. The van der Waals surface area contributed by atoms with Gasteiger partial charge in [-0.3, -0.25) is 43.3 Å². The smallest absolute Gasteiger partial charge is 0.326 e. The van der Waals surface area contributed by atoms with E-state index < -0.39 is 128 Å². The Labute approximate surface area is 340 Å². The summed E-state index contributed by atoms with van der Waals surface area (Å²) in [7, 11) is 0. The summed E-state index contributed by atoms with van der Waals surface area (Å²) in [5.41, 5.74) is 21.9. The van der Waals surface area contributed by atoms with Crippen molar-refractivity contribution in [1.82, 2.24) is 31.9 Å². The average Bonchev–Trinajstić information content (AvgIpc) is 3.13. The first-order chi connectivity index (χ1) is 27.5. The standard InChI is InChI=1S/C34H61N11O14/c1-16(2)13-21(30(55)45-26(17(3)47)32(57)41-20(33(58)59)9-10-24(48)49)42-28(53)19(8-4-5-11-35)40-29(54)22(14-25(50)51)43-31(56)23(15-46)44-27(52)18(36)7-6-12-39-34(37)38/h16-23,26,46-47H,4-15,35-36H2,1-3H3,(H,40,54)(H,41,57)(H,42,53)(H,43,56)(H,44,52)(H,45,55)(H,48,49)(H,50,51)(H,58,59)(H4,37,38,39)/t17-,18+,19+,20+,21+,22+,23+,26+/m1/s1. The topological polar surface area (TPSA) is 443 Å². The molecule has 0 aromatic heterocycles. The number of carboxylic acids is 3. The highest BCUT2D eigenvalue weighted by atomic mass is 16.4. The van der Waals surface area contributed by atoms with Crippen molar-refractivity contribution in [1.29, 1.82) is 0 Å². The molecule has 19 N–H and O–H groups in total. The molecule has 0 aliphatic carbocycles. The molecule has 0 aromatic carbocycles. The van der Waals surface area contributed by atoms with E-state index in [9.17, 15) is 63.6 Å². The molecule has 8 atom stereocenters.